The first-order valence-electron chi connectivity index (χ1n) is 10.2. The van der Waals surface area contributed by atoms with Crippen molar-refractivity contribution in [2.75, 3.05) is 4.90 Å². The summed E-state index contributed by atoms with van der Waals surface area (Å²) in [6.07, 6.45) is 12.2. The van der Waals surface area contributed by atoms with Crippen LogP contribution in [-0.2, 0) is 11.3 Å². The van der Waals surface area contributed by atoms with Gasteiger partial charge in [0.15, 0.2) is 11.6 Å². The molecule has 0 saturated heterocycles. The number of hydrogen-bond donors (Lipinski definition) is 0. The molecule has 0 amide bonds. The van der Waals surface area contributed by atoms with E-state index in [0.717, 1.165) is 23.6 Å². The maximum atomic E-state index is 12.1. The Balaban J connectivity index is 1.67. The van der Waals surface area contributed by atoms with Gasteiger partial charge in [-0.15, -0.1) is 11.8 Å². The van der Waals surface area contributed by atoms with Crippen LogP contribution >= 0.6 is 11.8 Å². The molecule has 146 valence electrons. The third-order valence-electron chi connectivity index (χ3n) is 5.82. The summed E-state index contributed by atoms with van der Waals surface area (Å²) in [6.45, 7) is 0.746. The second-order valence-corrected chi connectivity index (χ2v) is 8.99. The quantitative estimate of drug-likeness (QED) is 0.529. The summed E-state index contributed by atoms with van der Waals surface area (Å²) in [5.41, 5.74) is 4.59. The number of aromatic nitrogens is 2. The van der Waals surface area contributed by atoms with Crippen molar-refractivity contribution in [1.82, 2.24) is 9.55 Å². The lowest BCUT2D eigenvalue weighted by molar-refractivity contribution is 0.516. The van der Waals surface area contributed by atoms with Gasteiger partial charge in [-0.05, 0) is 49.2 Å². The average Bonchev–Trinajstić information content (AvgIpc) is 3.17. The van der Waals surface area contributed by atoms with Crippen LogP contribution < -0.4 is 4.90 Å². The number of anilines is 2. The average molecular weight is 402 g/mol. The Morgan fingerprint density at radius 3 is 2.72 bits per heavy atom. The fourth-order valence-electron chi connectivity index (χ4n) is 4.42. The molecule has 1 saturated carbocycles. The van der Waals surface area contributed by atoms with Gasteiger partial charge < -0.3 is 4.57 Å². The molecule has 5 rings (SSSR count). The van der Waals surface area contributed by atoms with Gasteiger partial charge in [-0.2, -0.15) is 0 Å². The van der Waals surface area contributed by atoms with Gasteiger partial charge in [0.05, 0.1) is 29.8 Å². The highest BCUT2D eigenvalue weighted by molar-refractivity contribution is 8.00. The number of carbonyl (C=O) groups excluding carboxylic acids is 1. The highest BCUT2D eigenvalue weighted by Crippen LogP contribution is 2.44. The molecular weight excluding hydrogens is 378 g/mol. The number of rotatable bonds is 3. The van der Waals surface area contributed by atoms with Crippen molar-refractivity contribution in [2.45, 2.75) is 48.8 Å². The molecule has 1 aliphatic heterocycles. The molecule has 5 heteroatoms. The molecule has 0 unspecified atom stereocenters. The maximum Gasteiger partial charge on any atom is 0.155 e. The molecule has 0 radical (unpaired) electrons. The molecule has 3 aromatic rings. The highest BCUT2D eigenvalue weighted by Gasteiger charge is 2.28. The van der Waals surface area contributed by atoms with Crippen LogP contribution in [0, 0.1) is 0 Å². The summed E-state index contributed by atoms with van der Waals surface area (Å²) in [5, 5.41) is 0.676. The van der Waals surface area contributed by atoms with Crippen LogP contribution in [0.4, 0.5) is 11.4 Å². The van der Waals surface area contributed by atoms with E-state index in [1.54, 1.807) is 12.4 Å². The maximum absolute atomic E-state index is 12.1. The molecular formula is C24H23N3OS. The van der Waals surface area contributed by atoms with E-state index in [9.17, 15) is 4.79 Å². The topological polar surface area (TPSA) is 38.1 Å². The van der Waals surface area contributed by atoms with Gasteiger partial charge in [0.1, 0.15) is 0 Å². The minimum Gasteiger partial charge on any atom is -0.341 e. The molecule has 1 aliphatic carbocycles. The second kappa shape index (κ2) is 7.94. The molecule has 1 aromatic carbocycles. The molecule has 0 bridgehead atoms. The predicted octanol–water partition coefficient (Wildman–Crippen LogP) is 5.68. The lowest BCUT2D eigenvalue weighted by Gasteiger charge is -2.27. The van der Waals surface area contributed by atoms with Gasteiger partial charge in [-0.3, -0.25) is 9.88 Å². The van der Waals surface area contributed by atoms with E-state index in [2.05, 4.69) is 33.7 Å². The Morgan fingerprint density at radius 1 is 1.03 bits per heavy atom. The standard InChI is InChI=1S/C24H23N3OS/c28-17-23-22-11-6-14-26(22)16-20-21(27(23)18-7-5-13-25-15-18)10-4-12-24(20)29-19-8-2-1-3-9-19/h4-7,10-15,19H,1-3,8-9,16H2. The molecule has 2 aliphatic rings. The van der Waals surface area contributed by atoms with Crippen molar-refractivity contribution in [3.05, 3.63) is 72.3 Å². The predicted molar refractivity (Wildman–Crippen MR) is 118 cm³/mol. The van der Waals surface area contributed by atoms with Crippen LogP contribution in [0.1, 0.15) is 43.4 Å². The molecule has 1 fully saturated rings. The van der Waals surface area contributed by atoms with E-state index in [0.29, 0.717) is 10.9 Å². The Bertz CT molecular complexity index is 1060. The highest BCUT2D eigenvalue weighted by atomic mass is 32.2. The Morgan fingerprint density at radius 2 is 1.93 bits per heavy atom. The molecule has 29 heavy (non-hydrogen) atoms. The van der Waals surface area contributed by atoms with E-state index in [4.69, 9.17) is 0 Å². The third kappa shape index (κ3) is 3.41. The summed E-state index contributed by atoms with van der Waals surface area (Å²) < 4.78 is 2.15. The summed E-state index contributed by atoms with van der Waals surface area (Å²) in [5.74, 6) is 2.21. The lowest BCUT2D eigenvalue weighted by Crippen LogP contribution is -2.17. The lowest BCUT2D eigenvalue weighted by atomic mass is 10.0. The zero-order valence-electron chi connectivity index (χ0n) is 16.3. The summed E-state index contributed by atoms with van der Waals surface area (Å²) >= 11 is 2.01. The van der Waals surface area contributed by atoms with Gasteiger partial charge in [0.2, 0.25) is 0 Å². The smallest absolute Gasteiger partial charge is 0.155 e. The molecule has 0 N–H and O–H groups in total. The molecule has 0 spiro atoms. The largest absolute Gasteiger partial charge is 0.341 e. The number of thioether (sulfide) groups is 1. The van der Waals surface area contributed by atoms with Crippen LogP contribution in [-0.4, -0.2) is 20.7 Å². The first-order valence-corrected chi connectivity index (χ1v) is 11.1. The number of pyridine rings is 1. The van der Waals surface area contributed by atoms with Crippen LogP contribution in [0.15, 0.2) is 66.0 Å². The molecule has 2 aromatic heterocycles. The number of benzene rings is 1. The summed E-state index contributed by atoms with van der Waals surface area (Å²) in [4.78, 5) is 19.7. The fourth-order valence-corrected chi connectivity index (χ4v) is 5.82. The van der Waals surface area contributed by atoms with Crippen LogP contribution in [0.25, 0.3) is 5.70 Å². The van der Waals surface area contributed by atoms with Crippen LogP contribution in [0.5, 0.6) is 0 Å². The van der Waals surface area contributed by atoms with Crippen molar-refractivity contribution in [2.24, 2.45) is 0 Å². The third-order valence-corrected chi connectivity index (χ3v) is 7.26. The van der Waals surface area contributed by atoms with Crippen LogP contribution in [0.3, 0.4) is 0 Å². The minimum atomic E-state index is 0.529. The first kappa shape index (κ1) is 18.3. The number of nitrogens with zero attached hydrogens (tertiary/aromatic N) is 3. The van der Waals surface area contributed by atoms with E-state index in [1.165, 1.54) is 42.6 Å². The van der Waals surface area contributed by atoms with Gasteiger partial charge in [-0.1, -0.05) is 25.3 Å². The Kier molecular flexibility index (Phi) is 5.01. The summed E-state index contributed by atoms with van der Waals surface area (Å²) in [6, 6.07) is 14.3. The first-order chi connectivity index (χ1) is 14.3. The van der Waals surface area contributed by atoms with E-state index in [1.807, 2.05) is 47.1 Å². The van der Waals surface area contributed by atoms with Crippen molar-refractivity contribution in [3.63, 3.8) is 0 Å². The van der Waals surface area contributed by atoms with Gasteiger partial charge >= 0.3 is 0 Å². The summed E-state index contributed by atoms with van der Waals surface area (Å²) in [7, 11) is 0. The Hall–Kier alpha value is -2.75. The van der Waals surface area contributed by atoms with Crippen molar-refractivity contribution in [1.29, 1.82) is 0 Å². The minimum absolute atomic E-state index is 0.529. The molecule has 0 atom stereocenters. The van der Waals surface area contributed by atoms with E-state index in [-0.39, 0.29) is 0 Å². The van der Waals surface area contributed by atoms with Crippen molar-refractivity contribution < 1.29 is 4.79 Å². The normalized spacial score (nSPS) is 16.7. The van der Waals surface area contributed by atoms with Gasteiger partial charge in [-0.25, -0.2) is 4.79 Å². The molecule has 3 heterocycles. The van der Waals surface area contributed by atoms with E-state index >= 15 is 0 Å². The second-order valence-electron chi connectivity index (χ2n) is 7.65. The monoisotopic (exact) mass is 401 g/mol. The van der Waals surface area contributed by atoms with Crippen molar-refractivity contribution >= 4 is 34.8 Å². The molecule has 4 nitrogen and oxygen atoms in total. The van der Waals surface area contributed by atoms with Crippen LogP contribution in [0.2, 0.25) is 0 Å². The zero-order valence-corrected chi connectivity index (χ0v) is 17.1. The fraction of sp³-hybridized carbons (Fsp3) is 0.292. The number of hydrogen-bond acceptors (Lipinski definition) is 4. The van der Waals surface area contributed by atoms with E-state index < -0.39 is 0 Å². The van der Waals surface area contributed by atoms with Gasteiger partial charge in [0, 0.05) is 28.1 Å². The van der Waals surface area contributed by atoms with Crippen molar-refractivity contribution in [3.8, 4) is 0 Å². The SMILES string of the molecule is O=C=C1c2cccn2Cc2c(SC3CCCCC3)cccc2N1c1cccnc1. The zero-order chi connectivity index (χ0) is 19.6. The van der Waals surface area contributed by atoms with Gasteiger partial charge in [0.25, 0.3) is 0 Å². The Labute approximate surface area is 175 Å². The number of fused-ring (bicyclic) bond motifs is 2.